The van der Waals surface area contributed by atoms with E-state index in [1.54, 1.807) is 11.1 Å². The van der Waals surface area contributed by atoms with Gasteiger partial charge < -0.3 is 4.74 Å². The van der Waals surface area contributed by atoms with E-state index in [0.29, 0.717) is 11.3 Å². The van der Waals surface area contributed by atoms with Crippen LogP contribution < -0.4 is 0 Å². The fourth-order valence-corrected chi connectivity index (χ4v) is 5.06. The van der Waals surface area contributed by atoms with Crippen molar-refractivity contribution in [2.24, 2.45) is 5.92 Å². The molecule has 1 aromatic carbocycles. The molecule has 1 heterocycles. The number of fused-ring (bicyclic) bond motifs is 4. The Morgan fingerprint density at radius 1 is 1.25 bits per heavy atom. The molecule has 1 aromatic rings. The van der Waals surface area contributed by atoms with Crippen LogP contribution in [-0.2, 0) is 16.6 Å². The highest BCUT2D eigenvalue weighted by atomic mass is 16.6. The molecule has 4 rings (SSSR count). The molecule has 2 fully saturated rings. The summed E-state index contributed by atoms with van der Waals surface area (Å²) in [4.78, 5) is 0. The molecule has 0 aromatic heterocycles. The molecule has 1 saturated heterocycles. The van der Waals surface area contributed by atoms with E-state index in [-0.39, 0.29) is 5.60 Å². The molecular weight excluding hydrogens is 244 g/mol. The van der Waals surface area contributed by atoms with Gasteiger partial charge in [-0.2, -0.15) is 0 Å². The average molecular weight is 270 g/mol. The van der Waals surface area contributed by atoms with Crippen molar-refractivity contribution in [1.82, 2.24) is 0 Å². The van der Waals surface area contributed by atoms with Crippen molar-refractivity contribution in [2.45, 2.75) is 69.8 Å². The predicted octanol–water partition coefficient (Wildman–Crippen LogP) is 4.58. The van der Waals surface area contributed by atoms with Crippen LogP contribution in [0.15, 0.2) is 18.2 Å². The zero-order chi connectivity index (χ0) is 14.0. The van der Waals surface area contributed by atoms with E-state index in [1.807, 2.05) is 0 Å². The number of aryl methyl sites for hydroxylation is 1. The van der Waals surface area contributed by atoms with Crippen LogP contribution in [0.4, 0.5) is 0 Å². The summed E-state index contributed by atoms with van der Waals surface area (Å²) in [6.45, 7) is 8.12. The van der Waals surface area contributed by atoms with E-state index in [1.165, 1.54) is 37.7 Å². The fraction of sp³-hybridized carbons (Fsp3) is 0.684. The summed E-state index contributed by atoms with van der Waals surface area (Å²) in [7, 11) is 0. The smallest absolute Gasteiger partial charge is 0.0953 e. The summed E-state index contributed by atoms with van der Waals surface area (Å²) >= 11 is 0. The van der Waals surface area contributed by atoms with Crippen molar-refractivity contribution in [1.29, 1.82) is 0 Å². The molecule has 2 aliphatic carbocycles. The van der Waals surface area contributed by atoms with Crippen LogP contribution in [0.2, 0.25) is 0 Å². The van der Waals surface area contributed by atoms with Gasteiger partial charge in [0.25, 0.3) is 0 Å². The van der Waals surface area contributed by atoms with E-state index in [4.69, 9.17) is 4.74 Å². The minimum atomic E-state index is 0.265. The fourth-order valence-electron chi connectivity index (χ4n) is 5.06. The van der Waals surface area contributed by atoms with Crippen LogP contribution in [0.3, 0.4) is 0 Å². The van der Waals surface area contributed by atoms with E-state index in [2.05, 4.69) is 39.0 Å². The first kappa shape index (κ1) is 12.9. The number of hydrogen-bond acceptors (Lipinski definition) is 1. The Labute approximate surface area is 122 Å². The highest BCUT2D eigenvalue weighted by Gasteiger charge is 2.60. The zero-order valence-corrected chi connectivity index (χ0v) is 13.0. The molecule has 20 heavy (non-hydrogen) atoms. The third-order valence-electron chi connectivity index (χ3n) is 6.33. The second kappa shape index (κ2) is 4.10. The first-order valence-electron chi connectivity index (χ1n) is 8.32. The zero-order valence-electron chi connectivity index (χ0n) is 13.0. The Morgan fingerprint density at radius 2 is 2.05 bits per heavy atom. The van der Waals surface area contributed by atoms with Gasteiger partial charge in [-0.1, -0.05) is 39.0 Å². The van der Waals surface area contributed by atoms with Crippen molar-refractivity contribution in [3.05, 3.63) is 34.9 Å². The standard InChI is InChI=1S/C19H26O/c1-13(2)14-5-7-16-15(11-14)6-8-17-18(16,3)9-4-10-19(17)12-20-19/h5,7,11,13,17H,4,6,8-10,12H2,1-3H3/t17?,18-,19+/m1/s1. The van der Waals surface area contributed by atoms with Gasteiger partial charge in [-0.15, -0.1) is 0 Å². The van der Waals surface area contributed by atoms with Crippen LogP contribution >= 0.6 is 0 Å². The van der Waals surface area contributed by atoms with E-state index < -0.39 is 0 Å². The van der Waals surface area contributed by atoms with Crippen molar-refractivity contribution in [3.63, 3.8) is 0 Å². The quantitative estimate of drug-likeness (QED) is 0.680. The minimum absolute atomic E-state index is 0.265. The van der Waals surface area contributed by atoms with Gasteiger partial charge in [-0.05, 0) is 66.0 Å². The number of hydrogen-bond donors (Lipinski definition) is 0. The second-order valence-corrected chi connectivity index (χ2v) is 7.79. The molecule has 1 heteroatoms. The largest absolute Gasteiger partial charge is 0.369 e. The molecule has 0 amide bonds. The van der Waals surface area contributed by atoms with Crippen molar-refractivity contribution in [2.75, 3.05) is 6.61 Å². The number of ether oxygens (including phenoxy) is 1. The molecule has 3 aliphatic rings. The van der Waals surface area contributed by atoms with Gasteiger partial charge in [0.1, 0.15) is 0 Å². The van der Waals surface area contributed by atoms with Crippen LogP contribution in [0, 0.1) is 5.92 Å². The Hall–Kier alpha value is -0.820. The second-order valence-electron chi connectivity index (χ2n) is 7.79. The molecule has 1 nitrogen and oxygen atoms in total. The molecule has 1 aliphatic heterocycles. The third kappa shape index (κ3) is 1.65. The van der Waals surface area contributed by atoms with Crippen molar-refractivity contribution < 1.29 is 4.74 Å². The molecule has 3 atom stereocenters. The van der Waals surface area contributed by atoms with Crippen LogP contribution in [0.25, 0.3) is 0 Å². The third-order valence-corrected chi connectivity index (χ3v) is 6.33. The highest BCUT2D eigenvalue weighted by molar-refractivity contribution is 5.42. The molecule has 0 radical (unpaired) electrons. The number of rotatable bonds is 1. The molecule has 108 valence electrons. The summed E-state index contributed by atoms with van der Waals surface area (Å²) in [5.41, 5.74) is 5.37. The molecule has 1 spiro atoms. The Balaban J connectivity index is 1.78. The van der Waals surface area contributed by atoms with Gasteiger partial charge >= 0.3 is 0 Å². The van der Waals surface area contributed by atoms with Crippen LogP contribution in [0.1, 0.15) is 69.1 Å². The summed E-state index contributed by atoms with van der Waals surface area (Å²) in [6.07, 6.45) is 6.55. The molecular formula is C19H26O. The van der Waals surface area contributed by atoms with Crippen LogP contribution in [-0.4, -0.2) is 12.2 Å². The monoisotopic (exact) mass is 270 g/mol. The Morgan fingerprint density at radius 3 is 2.75 bits per heavy atom. The first-order valence-corrected chi connectivity index (χ1v) is 8.32. The summed E-state index contributed by atoms with van der Waals surface area (Å²) in [5, 5.41) is 0. The van der Waals surface area contributed by atoms with Crippen molar-refractivity contribution >= 4 is 0 Å². The molecule has 1 saturated carbocycles. The minimum Gasteiger partial charge on any atom is -0.369 e. The first-order chi connectivity index (χ1) is 9.55. The highest BCUT2D eigenvalue weighted by Crippen LogP contribution is 2.59. The average Bonchev–Trinajstić information content (AvgIpc) is 3.18. The van der Waals surface area contributed by atoms with Gasteiger partial charge in [0.2, 0.25) is 0 Å². The SMILES string of the molecule is CC(C)c1ccc2c(c1)CCC1[C@]3(CCC[C@]21C)CO3. The molecule has 0 N–H and O–H groups in total. The maximum absolute atomic E-state index is 5.95. The summed E-state index contributed by atoms with van der Waals surface area (Å²) in [6, 6.07) is 7.29. The van der Waals surface area contributed by atoms with Crippen LogP contribution in [0.5, 0.6) is 0 Å². The van der Waals surface area contributed by atoms with Gasteiger partial charge in [-0.25, -0.2) is 0 Å². The summed E-state index contributed by atoms with van der Waals surface area (Å²) < 4.78 is 5.95. The molecule has 1 unspecified atom stereocenters. The Kier molecular flexibility index (Phi) is 2.64. The molecule has 0 bridgehead atoms. The van der Waals surface area contributed by atoms with E-state index in [0.717, 1.165) is 12.5 Å². The van der Waals surface area contributed by atoms with Crippen molar-refractivity contribution in [3.8, 4) is 0 Å². The lowest BCUT2D eigenvalue weighted by Crippen LogP contribution is -2.48. The van der Waals surface area contributed by atoms with Gasteiger partial charge in [0, 0.05) is 0 Å². The van der Waals surface area contributed by atoms with Gasteiger partial charge in [0.15, 0.2) is 0 Å². The lowest BCUT2D eigenvalue weighted by Gasteiger charge is -2.49. The van der Waals surface area contributed by atoms with E-state index >= 15 is 0 Å². The number of epoxide rings is 1. The lowest BCUT2D eigenvalue weighted by atomic mass is 9.54. The van der Waals surface area contributed by atoms with Gasteiger partial charge in [-0.3, -0.25) is 0 Å². The number of benzene rings is 1. The summed E-state index contributed by atoms with van der Waals surface area (Å²) in [5.74, 6) is 1.39. The maximum atomic E-state index is 5.95. The topological polar surface area (TPSA) is 12.5 Å². The maximum Gasteiger partial charge on any atom is 0.0953 e. The van der Waals surface area contributed by atoms with Gasteiger partial charge in [0.05, 0.1) is 12.2 Å². The lowest BCUT2D eigenvalue weighted by molar-refractivity contribution is 0.0690. The van der Waals surface area contributed by atoms with E-state index in [9.17, 15) is 0 Å². The predicted molar refractivity (Wildman–Crippen MR) is 82.2 cm³/mol. The Bertz CT molecular complexity index is 541. The normalized spacial score (nSPS) is 38.7.